The molecule has 9 heteroatoms. The fourth-order valence-electron chi connectivity index (χ4n) is 2.14. The average molecular weight is 415 g/mol. The summed E-state index contributed by atoms with van der Waals surface area (Å²) in [7, 11) is 0. The van der Waals surface area contributed by atoms with E-state index < -0.39 is 12.1 Å². The number of thioether (sulfide) groups is 1. The van der Waals surface area contributed by atoms with Crippen molar-refractivity contribution in [2.75, 3.05) is 5.75 Å². The molecule has 7 nitrogen and oxygen atoms in total. The minimum atomic E-state index is -1.03. The third kappa shape index (κ3) is 5.54. The smallest absolute Gasteiger partial charge is 0.344 e. The zero-order valence-electron chi connectivity index (χ0n) is 14.9. The van der Waals surface area contributed by atoms with Crippen molar-refractivity contribution in [1.82, 2.24) is 10.4 Å². The largest absolute Gasteiger partial charge is 0.479 e. The number of nitrogens with one attached hydrogen (secondary N) is 1. The number of ether oxygens (including phenoxy) is 1. The van der Waals surface area contributed by atoms with Gasteiger partial charge in [-0.2, -0.15) is 5.10 Å². The summed E-state index contributed by atoms with van der Waals surface area (Å²) in [6.45, 7) is 1.46. The molecule has 0 unspecified atom stereocenters. The molecule has 1 aromatic heterocycles. The number of aromatic nitrogens is 1. The number of fused-ring (bicyclic) bond motifs is 1. The maximum atomic E-state index is 11.9. The summed E-state index contributed by atoms with van der Waals surface area (Å²) in [6.07, 6.45) is 0.580. The summed E-state index contributed by atoms with van der Waals surface area (Å²) < 4.78 is 7.18. The number of hydrazone groups is 1. The van der Waals surface area contributed by atoms with E-state index in [1.165, 1.54) is 24.9 Å². The van der Waals surface area contributed by atoms with Gasteiger partial charge in [0.25, 0.3) is 5.91 Å². The molecule has 0 spiro atoms. The summed E-state index contributed by atoms with van der Waals surface area (Å²) in [5.74, 6) is -0.590. The minimum absolute atomic E-state index is 0.219. The van der Waals surface area contributed by atoms with Gasteiger partial charge in [0.15, 0.2) is 10.4 Å². The number of aliphatic carboxylic acids is 1. The van der Waals surface area contributed by atoms with Gasteiger partial charge < -0.3 is 9.84 Å². The number of hydrogen-bond acceptors (Lipinski definition) is 7. The second-order valence-corrected chi connectivity index (χ2v) is 7.95. The van der Waals surface area contributed by atoms with Gasteiger partial charge in [-0.05, 0) is 48.9 Å². The Kier molecular flexibility index (Phi) is 6.62. The molecule has 1 amide bonds. The van der Waals surface area contributed by atoms with Gasteiger partial charge in [0.2, 0.25) is 0 Å². The predicted molar refractivity (Wildman–Crippen MR) is 110 cm³/mol. The lowest BCUT2D eigenvalue weighted by Crippen LogP contribution is -2.22. The number of carboxylic acid groups (broad SMARTS) is 1. The SMILES string of the molecule is C[C@H](Oc1ccc(/C=N/NC(=O)CSc2nc3ccccc3s2)cc1)C(=O)O. The first-order valence-electron chi connectivity index (χ1n) is 8.31. The molecular formula is C19H17N3O4S2. The Morgan fingerprint density at radius 3 is 2.75 bits per heavy atom. The van der Waals surface area contributed by atoms with Gasteiger partial charge in [-0.3, -0.25) is 4.79 Å². The molecule has 0 saturated heterocycles. The number of carbonyl (C=O) groups excluding carboxylic acids is 1. The second-order valence-electron chi connectivity index (χ2n) is 5.70. The van der Waals surface area contributed by atoms with Crippen molar-refractivity contribution < 1.29 is 19.4 Å². The maximum Gasteiger partial charge on any atom is 0.344 e. The van der Waals surface area contributed by atoms with Crippen LogP contribution in [0.3, 0.4) is 0 Å². The molecule has 0 saturated carbocycles. The highest BCUT2D eigenvalue weighted by Crippen LogP contribution is 2.28. The van der Waals surface area contributed by atoms with E-state index in [2.05, 4.69) is 15.5 Å². The Morgan fingerprint density at radius 1 is 1.29 bits per heavy atom. The van der Waals surface area contributed by atoms with Crippen LogP contribution < -0.4 is 10.2 Å². The van der Waals surface area contributed by atoms with Crippen LogP contribution in [0.5, 0.6) is 5.75 Å². The van der Waals surface area contributed by atoms with Crippen molar-refractivity contribution in [2.24, 2.45) is 5.10 Å². The molecule has 2 N–H and O–H groups in total. The molecule has 3 rings (SSSR count). The second kappa shape index (κ2) is 9.34. The zero-order valence-corrected chi connectivity index (χ0v) is 16.5. The van der Waals surface area contributed by atoms with Crippen molar-refractivity contribution >= 4 is 51.4 Å². The highest BCUT2D eigenvalue weighted by atomic mass is 32.2. The van der Waals surface area contributed by atoms with Crippen LogP contribution in [0.4, 0.5) is 0 Å². The monoisotopic (exact) mass is 415 g/mol. The normalized spacial score (nSPS) is 12.2. The van der Waals surface area contributed by atoms with Crippen LogP contribution in [0.2, 0.25) is 0 Å². The standard InChI is InChI=1S/C19H17N3O4S2/c1-12(18(24)25)26-14-8-6-13(7-9-14)10-20-22-17(23)11-27-19-21-15-4-2-3-5-16(15)28-19/h2-10,12H,11H2,1H3,(H,22,23)(H,24,25)/b20-10+/t12-/m0/s1. The Morgan fingerprint density at radius 2 is 2.04 bits per heavy atom. The van der Waals surface area contributed by atoms with Gasteiger partial charge in [0.05, 0.1) is 22.2 Å². The highest BCUT2D eigenvalue weighted by molar-refractivity contribution is 8.01. The maximum absolute atomic E-state index is 11.9. The highest BCUT2D eigenvalue weighted by Gasteiger charge is 2.12. The lowest BCUT2D eigenvalue weighted by atomic mass is 10.2. The van der Waals surface area contributed by atoms with Crippen LogP contribution in [0.25, 0.3) is 10.2 Å². The van der Waals surface area contributed by atoms with Gasteiger partial charge >= 0.3 is 5.97 Å². The van der Waals surface area contributed by atoms with Crippen LogP contribution in [-0.2, 0) is 9.59 Å². The Balaban J connectivity index is 1.45. The molecule has 0 fully saturated rings. The van der Waals surface area contributed by atoms with Gasteiger partial charge in [-0.15, -0.1) is 11.3 Å². The number of benzene rings is 2. The molecule has 0 aliphatic rings. The average Bonchev–Trinajstić information content (AvgIpc) is 3.10. The summed E-state index contributed by atoms with van der Waals surface area (Å²) in [4.78, 5) is 27.2. The quantitative estimate of drug-likeness (QED) is 0.332. The summed E-state index contributed by atoms with van der Waals surface area (Å²) in [5, 5.41) is 12.8. The molecule has 0 aliphatic carbocycles. The Labute approximate surface area is 169 Å². The number of rotatable bonds is 8. The van der Waals surface area contributed by atoms with Crippen molar-refractivity contribution in [3.05, 3.63) is 54.1 Å². The summed E-state index contributed by atoms with van der Waals surface area (Å²) in [6, 6.07) is 14.6. The van der Waals surface area contributed by atoms with E-state index in [0.717, 1.165) is 20.1 Å². The van der Waals surface area contributed by atoms with Crippen LogP contribution in [0.1, 0.15) is 12.5 Å². The van der Waals surface area contributed by atoms with Gasteiger partial charge in [0, 0.05) is 0 Å². The molecule has 1 atom stereocenters. The number of thiazole rings is 1. The lowest BCUT2D eigenvalue weighted by molar-refractivity contribution is -0.144. The van der Waals surface area contributed by atoms with E-state index in [9.17, 15) is 9.59 Å². The van der Waals surface area contributed by atoms with E-state index in [-0.39, 0.29) is 11.7 Å². The predicted octanol–water partition coefficient (Wildman–Crippen LogP) is 3.39. The minimum Gasteiger partial charge on any atom is -0.479 e. The number of amides is 1. The van der Waals surface area contributed by atoms with Crippen molar-refractivity contribution in [1.29, 1.82) is 0 Å². The van der Waals surface area contributed by atoms with Crippen LogP contribution in [0, 0.1) is 0 Å². The van der Waals surface area contributed by atoms with Gasteiger partial charge in [-0.25, -0.2) is 15.2 Å². The molecule has 144 valence electrons. The molecule has 1 heterocycles. The lowest BCUT2D eigenvalue weighted by Gasteiger charge is -2.09. The number of carboxylic acids is 1. The number of nitrogens with zero attached hydrogens (tertiary/aromatic N) is 2. The molecule has 0 aliphatic heterocycles. The van der Waals surface area contributed by atoms with E-state index in [1.54, 1.807) is 35.6 Å². The molecule has 0 bridgehead atoms. The summed E-state index contributed by atoms with van der Waals surface area (Å²) in [5.41, 5.74) is 4.15. The fourth-order valence-corrected chi connectivity index (χ4v) is 4.00. The molecule has 2 aromatic carbocycles. The Hall–Kier alpha value is -2.91. The van der Waals surface area contributed by atoms with Crippen molar-refractivity contribution in [2.45, 2.75) is 17.4 Å². The molecule has 3 aromatic rings. The third-order valence-electron chi connectivity index (χ3n) is 3.54. The van der Waals surface area contributed by atoms with Crippen LogP contribution in [0.15, 0.2) is 58.0 Å². The third-order valence-corrected chi connectivity index (χ3v) is 5.72. The van der Waals surface area contributed by atoms with Crippen molar-refractivity contribution in [3.8, 4) is 5.75 Å². The van der Waals surface area contributed by atoms with E-state index >= 15 is 0 Å². The summed E-state index contributed by atoms with van der Waals surface area (Å²) >= 11 is 2.92. The number of para-hydroxylation sites is 1. The molecular weight excluding hydrogens is 398 g/mol. The van der Waals surface area contributed by atoms with Crippen LogP contribution >= 0.6 is 23.1 Å². The fraction of sp³-hybridized carbons (Fsp3) is 0.158. The van der Waals surface area contributed by atoms with E-state index in [0.29, 0.717) is 5.75 Å². The Bertz CT molecular complexity index is 969. The first-order valence-corrected chi connectivity index (χ1v) is 10.1. The first-order chi connectivity index (χ1) is 13.5. The molecule has 28 heavy (non-hydrogen) atoms. The number of carbonyl (C=O) groups is 2. The topological polar surface area (TPSA) is 101 Å². The molecule has 0 radical (unpaired) electrons. The first kappa shape index (κ1) is 19.8. The van der Waals surface area contributed by atoms with Crippen LogP contribution in [-0.4, -0.2) is 40.0 Å². The van der Waals surface area contributed by atoms with E-state index in [4.69, 9.17) is 9.84 Å². The zero-order chi connectivity index (χ0) is 19.9. The van der Waals surface area contributed by atoms with Gasteiger partial charge in [-0.1, -0.05) is 23.9 Å². The van der Waals surface area contributed by atoms with E-state index in [1.807, 2.05) is 24.3 Å². The van der Waals surface area contributed by atoms with Gasteiger partial charge in [0.1, 0.15) is 5.75 Å². The van der Waals surface area contributed by atoms with Crippen molar-refractivity contribution in [3.63, 3.8) is 0 Å². The number of hydrogen-bond donors (Lipinski definition) is 2.